The summed E-state index contributed by atoms with van der Waals surface area (Å²) in [6.45, 7) is 7.71. The number of nitrogens with zero attached hydrogens (tertiary/aromatic N) is 1. The van der Waals surface area contributed by atoms with Gasteiger partial charge in [-0.2, -0.15) is 0 Å². The summed E-state index contributed by atoms with van der Waals surface area (Å²) in [7, 11) is 0. The summed E-state index contributed by atoms with van der Waals surface area (Å²) in [5.41, 5.74) is 2.32. The van der Waals surface area contributed by atoms with Gasteiger partial charge in [0.05, 0.1) is 16.3 Å². The fraction of sp³-hybridized carbons (Fsp3) is 0.462. The van der Waals surface area contributed by atoms with Gasteiger partial charge in [-0.15, -0.1) is 0 Å². The van der Waals surface area contributed by atoms with E-state index in [4.69, 9.17) is 4.74 Å². The lowest BCUT2D eigenvalue weighted by atomic mass is 10.2. The van der Waals surface area contributed by atoms with Crippen molar-refractivity contribution < 1.29 is 4.74 Å². The van der Waals surface area contributed by atoms with E-state index in [0.29, 0.717) is 0 Å². The molecule has 0 bridgehead atoms. The number of nitrogens with one attached hydrogen (secondary N) is 1. The number of rotatable bonds is 5. The van der Waals surface area contributed by atoms with Crippen LogP contribution in [-0.4, -0.2) is 24.2 Å². The molecule has 0 saturated carbocycles. The molecule has 0 radical (unpaired) electrons. The molecule has 4 heteroatoms. The Bertz CT molecular complexity index is 495. The maximum absolute atomic E-state index is 5.47. The first kappa shape index (κ1) is 12.3. The van der Waals surface area contributed by atoms with Crippen molar-refractivity contribution in [3.8, 4) is 0 Å². The first-order valence-corrected chi connectivity index (χ1v) is 6.73. The average Bonchev–Trinajstić information content (AvgIpc) is 2.68. The van der Waals surface area contributed by atoms with E-state index in [0.717, 1.165) is 23.8 Å². The van der Waals surface area contributed by atoms with Crippen molar-refractivity contribution in [1.29, 1.82) is 0 Å². The number of anilines is 1. The van der Waals surface area contributed by atoms with E-state index in [1.165, 1.54) is 10.3 Å². The quantitative estimate of drug-likeness (QED) is 0.882. The third-order valence-electron chi connectivity index (χ3n) is 2.53. The summed E-state index contributed by atoms with van der Waals surface area (Å²) >= 11 is 1.69. The number of benzene rings is 1. The predicted molar refractivity (Wildman–Crippen MR) is 73.9 cm³/mol. The van der Waals surface area contributed by atoms with Gasteiger partial charge < -0.3 is 10.1 Å². The zero-order valence-electron chi connectivity index (χ0n) is 10.5. The maximum Gasteiger partial charge on any atom is 0.183 e. The second kappa shape index (κ2) is 5.47. The van der Waals surface area contributed by atoms with Crippen molar-refractivity contribution in [3.05, 3.63) is 23.8 Å². The lowest BCUT2D eigenvalue weighted by Gasteiger charge is -2.11. The fourth-order valence-corrected chi connectivity index (χ4v) is 2.54. The van der Waals surface area contributed by atoms with Crippen LogP contribution in [0.25, 0.3) is 10.2 Å². The molecule has 1 aromatic heterocycles. The first-order valence-electron chi connectivity index (χ1n) is 5.91. The van der Waals surface area contributed by atoms with Gasteiger partial charge in [0.1, 0.15) is 0 Å². The Morgan fingerprint density at radius 1 is 1.47 bits per heavy atom. The van der Waals surface area contributed by atoms with Crippen molar-refractivity contribution in [2.24, 2.45) is 0 Å². The second-order valence-corrected chi connectivity index (χ2v) is 5.17. The number of thiazole rings is 1. The van der Waals surface area contributed by atoms with Gasteiger partial charge in [0, 0.05) is 13.2 Å². The van der Waals surface area contributed by atoms with Crippen molar-refractivity contribution in [2.75, 3.05) is 18.5 Å². The minimum absolute atomic E-state index is 0.216. The van der Waals surface area contributed by atoms with E-state index >= 15 is 0 Å². The van der Waals surface area contributed by atoms with Gasteiger partial charge in [-0.25, -0.2) is 4.98 Å². The van der Waals surface area contributed by atoms with Crippen molar-refractivity contribution in [2.45, 2.75) is 26.9 Å². The molecule has 0 spiro atoms. The molecule has 2 rings (SSSR count). The van der Waals surface area contributed by atoms with Crippen LogP contribution in [0, 0.1) is 6.92 Å². The largest absolute Gasteiger partial charge is 0.377 e. The van der Waals surface area contributed by atoms with Crippen LogP contribution in [-0.2, 0) is 4.74 Å². The van der Waals surface area contributed by atoms with Gasteiger partial charge in [0.25, 0.3) is 0 Å². The highest BCUT2D eigenvalue weighted by Gasteiger charge is 2.05. The summed E-state index contributed by atoms with van der Waals surface area (Å²) in [5, 5.41) is 4.29. The Morgan fingerprint density at radius 2 is 2.29 bits per heavy atom. The highest BCUT2D eigenvalue weighted by Crippen LogP contribution is 2.26. The molecule has 2 aromatic rings. The molecule has 1 heterocycles. The van der Waals surface area contributed by atoms with Crippen molar-refractivity contribution in [1.82, 2.24) is 4.98 Å². The monoisotopic (exact) mass is 250 g/mol. The normalized spacial score (nSPS) is 12.9. The standard InChI is InChI=1S/C13H18N2OS/c1-4-16-10(3)8-14-13-15-11-7-9(2)5-6-12(11)17-13/h5-7,10H,4,8H2,1-3H3,(H,14,15). The number of fused-ring (bicyclic) bond motifs is 1. The van der Waals surface area contributed by atoms with Gasteiger partial charge in [0.2, 0.25) is 0 Å². The van der Waals surface area contributed by atoms with E-state index in [1.807, 2.05) is 6.92 Å². The molecule has 17 heavy (non-hydrogen) atoms. The first-order chi connectivity index (χ1) is 8.19. The van der Waals surface area contributed by atoms with Gasteiger partial charge in [0.15, 0.2) is 5.13 Å². The molecule has 0 aliphatic rings. The molecule has 0 saturated heterocycles. The smallest absolute Gasteiger partial charge is 0.183 e. The number of aromatic nitrogens is 1. The molecule has 0 aliphatic carbocycles. The number of hydrogen-bond donors (Lipinski definition) is 1. The molecule has 92 valence electrons. The summed E-state index contributed by atoms with van der Waals surface area (Å²) in [6.07, 6.45) is 0.216. The number of ether oxygens (including phenoxy) is 1. The van der Waals surface area contributed by atoms with Crippen LogP contribution < -0.4 is 5.32 Å². The fourth-order valence-electron chi connectivity index (χ4n) is 1.69. The number of hydrogen-bond acceptors (Lipinski definition) is 4. The Morgan fingerprint density at radius 3 is 3.06 bits per heavy atom. The minimum atomic E-state index is 0.216. The average molecular weight is 250 g/mol. The topological polar surface area (TPSA) is 34.1 Å². The molecule has 1 atom stereocenters. The second-order valence-electron chi connectivity index (χ2n) is 4.14. The summed E-state index contributed by atoms with van der Waals surface area (Å²) in [5.74, 6) is 0. The minimum Gasteiger partial charge on any atom is -0.377 e. The SMILES string of the molecule is CCOC(C)CNc1nc2cc(C)ccc2s1. The Labute approximate surface area is 106 Å². The van der Waals surface area contributed by atoms with Gasteiger partial charge in [-0.05, 0) is 38.5 Å². The lowest BCUT2D eigenvalue weighted by molar-refractivity contribution is 0.0855. The van der Waals surface area contributed by atoms with Crippen LogP contribution >= 0.6 is 11.3 Å². The number of aryl methyl sites for hydroxylation is 1. The molecular weight excluding hydrogens is 232 g/mol. The van der Waals surface area contributed by atoms with E-state index in [2.05, 4.69) is 42.3 Å². The van der Waals surface area contributed by atoms with Crippen molar-refractivity contribution >= 4 is 26.7 Å². The maximum atomic E-state index is 5.47. The lowest BCUT2D eigenvalue weighted by Crippen LogP contribution is -2.19. The molecule has 1 unspecified atom stereocenters. The van der Waals surface area contributed by atoms with Gasteiger partial charge >= 0.3 is 0 Å². The predicted octanol–water partition coefficient (Wildman–Crippen LogP) is 3.44. The van der Waals surface area contributed by atoms with E-state index < -0.39 is 0 Å². The molecule has 1 N–H and O–H groups in total. The molecule has 1 aromatic carbocycles. The zero-order chi connectivity index (χ0) is 12.3. The van der Waals surface area contributed by atoms with Crippen LogP contribution in [0.5, 0.6) is 0 Å². The molecule has 3 nitrogen and oxygen atoms in total. The Hall–Kier alpha value is -1.13. The highest BCUT2D eigenvalue weighted by atomic mass is 32.1. The van der Waals surface area contributed by atoms with Gasteiger partial charge in [-0.1, -0.05) is 17.4 Å². The third kappa shape index (κ3) is 3.17. The van der Waals surface area contributed by atoms with E-state index in [9.17, 15) is 0 Å². The van der Waals surface area contributed by atoms with E-state index in [-0.39, 0.29) is 6.10 Å². The van der Waals surface area contributed by atoms with Gasteiger partial charge in [-0.3, -0.25) is 0 Å². The van der Waals surface area contributed by atoms with Crippen molar-refractivity contribution in [3.63, 3.8) is 0 Å². The van der Waals surface area contributed by atoms with Crippen LogP contribution in [0.3, 0.4) is 0 Å². The van der Waals surface area contributed by atoms with Crippen LogP contribution in [0.1, 0.15) is 19.4 Å². The van der Waals surface area contributed by atoms with Crippen LogP contribution in [0.2, 0.25) is 0 Å². The Kier molecular flexibility index (Phi) is 3.97. The molecular formula is C13H18N2OS. The molecule has 0 aliphatic heterocycles. The van der Waals surface area contributed by atoms with Crippen LogP contribution in [0.15, 0.2) is 18.2 Å². The summed E-state index contributed by atoms with van der Waals surface area (Å²) in [4.78, 5) is 4.56. The third-order valence-corrected chi connectivity index (χ3v) is 3.53. The summed E-state index contributed by atoms with van der Waals surface area (Å²) in [6, 6.07) is 6.36. The Balaban J connectivity index is 2.04. The molecule has 0 fully saturated rings. The van der Waals surface area contributed by atoms with E-state index in [1.54, 1.807) is 11.3 Å². The van der Waals surface area contributed by atoms with Crippen LogP contribution in [0.4, 0.5) is 5.13 Å². The highest BCUT2D eigenvalue weighted by molar-refractivity contribution is 7.22. The zero-order valence-corrected chi connectivity index (χ0v) is 11.3. The molecule has 0 amide bonds. The summed E-state index contributed by atoms with van der Waals surface area (Å²) < 4.78 is 6.70.